The number of pyridine rings is 2. The minimum Gasteiger partial charge on any atom is -0.540 e. The molecule has 0 saturated carbocycles. The van der Waals surface area contributed by atoms with E-state index >= 15 is 0 Å². The van der Waals surface area contributed by atoms with E-state index in [1.165, 1.54) is 55.6 Å². The first-order chi connectivity index (χ1) is 30.1. The fourth-order valence-electron chi connectivity index (χ4n) is 9.51. The second kappa shape index (κ2) is 17.3. The number of ether oxygens (including phenoxy) is 4. The number of methoxy groups -OCH3 is 4. The first kappa shape index (κ1) is 43.2. The Bertz CT molecular complexity index is 2790. The molecule has 0 fully saturated rings. The second-order valence-corrected chi connectivity index (χ2v) is 16.6. The number of hydrogen-bond acceptors (Lipinski definition) is 6. The van der Waals surface area contributed by atoms with E-state index < -0.39 is 0 Å². The molecule has 2 aliphatic rings. The van der Waals surface area contributed by atoms with E-state index in [-0.39, 0.29) is 31.9 Å². The molecule has 6 nitrogen and oxygen atoms in total. The van der Waals surface area contributed by atoms with Gasteiger partial charge in [0.2, 0.25) is 0 Å². The Morgan fingerprint density at radius 3 is 1.21 bits per heavy atom. The smallest absolute Gasteiger partial charge is 0.540 e. The zero-order valence-electron chi connectivity index (χ0n) is 36.7. The van der Waals surface area contributed by atoms with Crippen LogP contribution < -0.4 is 18.9 Å². The molecular formula is C56H48N2O4Pt. The third-order valence-electron chi connectivity index (χ3n) is 12.5. The summed E-state index contributed by atoms with van der Waals surface area (Å²) in [6, 6.07) is 53.0. The second-order valence-electron chi connectivity index (χ2n) is 16.6. The molecule has 2 aromatic heterocycles. The fourth-order valence-corrected chi connectivity index (χ4v) is 9.51. The Kier molecular flexibility index (Phi) is 11.9. The van der Waals surface area contributed by atoms with Crippen LogP contribution in [0.2, 0.25) is 0 Å². The number of hydrogen-bond donors (Lipinski definition) is 0. The zero-order valence-corrected chi connectivity index (χ0v) is 39.0. The van der Waals surface area contributed by atoms with Crippen molar-refractivity contribution >= 4 is 0 Å². The van der Waals surface area contributed by atoms with E-state index in [1.807, 2.05) is 36.4 Å². The molecule has 7 heteroatoms. The minimum absolute atomic E-state index is 0. The van der Waals surface area contributed by atoms with Crippen LogP contribution in [0.5, 0.6) is 23.0 Å². The molecule has 0 unspecified atom stereocenters. The molecule has 6 aromatic carbocycles. The van der Waals surface area contributed by atoms with E-state index in [4.69, 9.17) is 18.9 Å². The van der Waals surface area contributed by atoms with Gasteiger partial charge in [-0.05, 0) is 80.2 Å². The summed E-state index contributed by atoms with van der Waals surface area (Å²) in [5.41, 5.74) is 18.3. The molecular weight excluding hydrogens is 960 g/mol. The molecule has 0 bridgehead atoms. The molecule has 0 aliphatic heterocycles. The summed E-state index contributed by atoms with van der Waals surface area (Å²) in [4.78, 5) is 8.97. The van der Waals surface area contributed by atoms with Crippen LogP contribution in [0.3, 0.4) is 0 Å². The Labute approximate surface area is 385 Å². The maximum Gasteiger partial charge on any atom is 2.00 e. The van der Waals surface area contributed by atoms with Crippen molar-refractivity contribution < 1.29 is 40.0 Å². The molecule has 2 aliphatic carbocycles. The predicted molar refractivity (Wildman–Crippen MR) is 249 cm³/mol. The topological polar surface area (TPSA) is 62.7 Å². The Morgan fingerprint density at radius 2 is 0.810 bits per heavy atom. The third kappa shape index (κ3) is 7.51. The van der Waals surface area contributed by atoms with Gasteiger partial charge >= 0.3 is 21.1 Å². The summed E-state index contributed by atoms with van der Waals surface area (Å²) in [5, 5.41) is 0. The van der Waals surface area contributed by atoms with E-state index in [9.17, 15) is 0 Å². The van der Waals surface area contributed by atoms with Gasteiger partial charge in [-0.25, -0.2) is 0 Å². The van der Waals surface area contributed by atoms with Crippen molar-refractivity contribution in [3.8, 4) is 90.0 Å². The molecule has 0 spiro atoms. The third-order valence-corrected chi connectivity index (χ3v) is 12.5. The van der Waals surface area contributed by atoms with Crippen molar-refractivity contribution in [3.63, 3.8) is 0 Å². The van der Waals surface area contributed by atoms with Crippen molar-refractivity contribution in [2.45, 2.75) is 38.5 Å². The van der Waals surface area contributed by atoms with Crippen LogP contribution in [0.1, 0.15) is 49.9 Å². The quantitative estimate of drug-likeness (QED) is 0.141. The van der Waals surface area contributed by atoms with Gasteiger partial charge in [0.1, 0.15) is 11.5 Å². The van der Waals surface area contributed by atoms with Crippen LogP contribution in [0.4, 0.5) is 0 Å². The summed E-state index contributed by atoms with van der Waals surface area (Å²) in [6.07, 6.45) is 3.47. The van der Waals surface area contributed by atoms with E-state index in [1.54, 1.807) is 40.8 Å². The van der Waals surface area contributed by atoms with Gasteiger partial charge in [0.25, 0.3) is 0 Å². The van der Waals surface area contributed by atoms with Crippen LogP contribution >= 0.6 is 0 Å². The molecule has 0 radical (unpaired) electrons. The maximum absolute atomic E-state index is 5.76. The van der Waals surface area contributed by atoms with Gasteiger partial charge in [-0.1, -0.05) is 158 Å². The van der Waals surface area contributed by atoms with Crippen molar-refractivity contribution in [3.05, 3.63) is 180 Å². The number of benzene rings is 6. The number of rotatable bonds is 8. The fraction of sp³-hybridized carbons (Fsp3) is 0.179. The van der Waals surface area contributed by atoms with Crippen molar-refractivity contribution in [2.24, 2.45) is 0 Å². The molecule has 0 saturated heterocycles. The summed E-state index contributed by atoms with van der Waals surface area (Å²) < 4.78 is 22.2. The summed E-state index contributed by atoms with van der Waals surface area (Å²) in [5.74, 6) is 2.99. The van der Waals surface area contributed by atoms with Crippen molar-refractivity contribution in [1.82, 2.24) is 9.97 Å². The predicted octanol–water partition coefficient (Wildman–Crippen LogP) is 13.1. The minimum atomic E-state index is -0.0806. The summed E-state index contributed by atoms with van der Waals surface area (Å²) in [6.45, 7) is 9.21. The van der Waals surface area contributed by atoms with Gasteiger partial charge in [-0.15, -0.1) is 24.3 Å². The number of fused-ring (bicyclic) bond motifs is 6. The normalized spacial score (nSPS) is 13.2. The van der Waals surface area contributed by atoms with Gasteiger partial charge in [0.15, 0.2) is 0 Å². The maximum atomic E-state index is 5.76. The van der Waals surface area contributed by atoms with E-state index in [2.05, 4.69) is 147 Å². The molecule has 316 valence electrons. The number of aromatic nitrogens is 2. The number of nitrogens with zero attached hydrogens (tertiary/aromatic N) is 2. The van der Waals surface area contributed by atoms with Gasteiger partial charge in [-0.3, -0.25) is 0 Å². The van der Waals surface area contributed by atoms with Crippen LogP contribution in [0.15, 0.2) is 146 Å². The van der Waals surface area contributed by atoms with E-state index in [0.717, 1.165) is 56.6 Å². The van der Waals surface area contributed by atoms with E-state index in [0.29, 0.717) is 0 Å². The molecule has 0 N–H and O–H groups in total. The molecule has 63 heavy (non-hydrogen) atoms. The molecule has 0 atom stereocenters. The standard InChI is InChI=1S/2C28H24NO2.Pt/c2*1-28(2)24-11-6-5-8-21(24)22-10-7-9-20(27(22)28)18-12-13-23(26(16-18)31-4)25-17-19(30-3)14-15-29-25;/h2*5-12,14-17H,1-4H3;/q2*-1;+2. The summed E-state index contributed by atoms with van der Waals surface area (Å²) >= 11 is 0. The Morgan fingerprint density at radius 1 is 0.429 bits per heavy atom. The Balaban J connectivity index is 0.000000170. The van der Waals surface area contributed by atoms with Crippen LogP contribution in [0, 0.1) is 12.1 Å². The average molecular weight is 1010 g/mol. The van der Waals surface area contributed by atoms with Gasteiger partial charge < -0.3 is 28.9 Å². The monoisotopic (exact) mass is 1010 g/mol. The van der Waals surface area contributed by atoms with Crippen molar-refractivity contribution in [2.75, 3.05) is 28.4 Å². The first-order valence-corrected chi connectivity index (χ1v) is 20.8. The zero-order chi connectivity index (χ0) is 43.2. The molecule has 0 amide bonds. The van der Waals surface area contributed by atoms with Gasteiger partial charge in [0.05, 0.1) is 28.4 Å². The molecule has 8 aromatic rings. The van der Waals surface area contributed by atoms with Crippen LogP contribution in [-0.4, -0.2) is 38.4 Å². The SMILES string of the molecule is COc1ccnc(-c2[c-]cc(-c3cccc4c3C(C)(C)c3ccccc3-4)cc2OC)c1.COc1ccnc(-c2[c-]cc(-c3cccc4c3C(C)(C)c3ccccc3-4)cc2OC)c1.[Pt+2]. The van der Waals surface area contributed by atoms with Crippen molar-refractivity contribution in [1.29, 1.82) is 0 Å². The average Bonchev–Trinajstić information content (AvgIpc) is 3.71. The Hall–Kier alpha value is -6.49. The van der Waals surface area contributed by atoms with Gasteiger partial charge in [0, 0.05) is 34.7 Å². The summed E-state index contributed by atoms with van der Waals surface area (Å²) in [7, 11) is 6.68. The first-order valence-electron chi connectivity index (χ1n) is 20.8. The molecule has 10 rings (SSSR count). The molecule has 2 heterocycles. The van der Waals surface area contributed by atoms with Crippen LogP contribution in [-0.2, 0) is 31.9 Å². The largest absolute Gasteiger partial charge is 2.00 e. The van der Waals surface area contributed by atoms with Crippen LogP contribution in [0.25, 0.3) is 67.0 Å². The van der Waals surface area contributed by atoms with Gasteiger partial charge in [-0.2, -0.15) is 0 Å².